The molecule has 0 aliphatic rings. The van der Waals surface area contributed by atoms with Crippen LogP contribution in [0.15, 0.2) is 109 Å². The summed E-state index contributed by atoms with van der Waals surface area (Å²) in [6.45, 7) is 0.951. The van der Waals surface area contributed by atoms with Crippen molar-refractivity contribution in [3.8, 4) is 5.75 Å². The van der Waals surface area contributed by atoms with Crippen LogP contribution in [0, 0.1) is 5.82 Å². The molecule has 4 aromatic carbocycles. The zero-order chi connectivity index (χ0) is 29.0. The summed E-state index contributed by atoms with van der Waals surface area (Å²) in [5.74, 6) is 0.684. The first kappa shape index (κ1) is 30.2. The van der Waals surface area contributed by atoms with Gasteiger partial charge in [-0.1, -0.05) is 90.5 Å². The molecule has 0 aliphatic carbocycles. The van der Waals surface area contributed by atoms with Crippen LogP contribution in [0.2, 0.25) is 5.02 Å². The molecule has 3 nitrogen and oxygen atoms in total. The lowest BCUT2D eigenvalue weighted by molar-refractivity contribution is 0.223. The Morgan fingerprint density at radius 1 is 0.829 bits per heavy atom. The van der Waals surface area contributed by atoms with E-state index < -0.39 is 6.93 Å². The molecular formula is C34H34ClF3N2O. The predicted molar refractivity (Wildman–Crippen MR) is 162 cm³/mol. The molecule has 0 atom stereocenters. The molecule has 5 rings (SSSR count). The quantitative estimate of drug-likeness (QED) is 0.146. The second-order valence-corrected chi connectivity index (χ2v) is 10.1. The number of benzene rings is 4. The Hall–Kier alpha value is -3.74. The van der Waals surface area contributed by atoms with Gasteiger partial charge in [0.25, 0.3) is 0 Å². The van der Waals surface area contributed by atoms with Crippen LogP contribution in [0.3, 0.4) is 0 Å². The van der Waals surface area contributed by atoms with Crippen LogP contribution in [0.1, 0.15) is 29.0 Å². The number of rotatable bonds is 11. The van der Waals surface area contributed by atoms with Crippen molar-refractivity contribution < 1.29 is 17.9 Å². The van der Waals surface area contributed by atoms with Crippen molar-refractivity contribution in [2.24, 2.45) is 7.05 Å². The summed E-state index contributed by atoms with van der Waals surface area (Å²) in [7, 11) is 2.04. The van der Waals surface area contributed by atoms with Crippen LogP contribution in [-0.2, 0) is 13.6 Å². The highest BCUT2D eigenvalue weighted by Crippen LogP contribution is 2.29. The van der Waals surface area contributed by atoms with Crippen molar-refractivity contribution in [3.05, 3.63) is 137 Å². The Labute approximate surface area is 244 Å². The van der Waals surface area contributed by atoms with Gasteiger partial charge in [-0.3, -0.25) is 4.90 Å². The molecule has 0 fully saturated rings. The minimum Gasteiger partial charge on any atom is -0.493 e. The monoisotopic (exact) mass is 578 g/mol. The lowest BCUT2D eigenvalue weighted by Gasteiger charge is -2.29. The molecule has 0 amide bonds. The Balaban J connectivity index is 0.00000124. The normalized spacial score (nSPS) is 11.1. The Bertz CT molecular complexity index is 1450. The molecule has 0 unspecified atom stereocenters. The summed E-state index contributed by atoms with van der Waals surface area (Å²) in [5, 5.41) is 1.31. The van der Waals surface area contributed by atoms with Gasteiger partial charge in [-0.2, -0.15) is 0 Å². The highest BCUT2D eigenvalue weighted by Gasteiger charge is 2.20. The number of fused-ring (bicyclic) bond motifs is 1. The van der Waals surface area contributed by atoms with Gasteiger partial charge in [0.15, 0.2) is 0 Å². The molecular weight excluding hydrogens is 545 g/mol. The summed E-state index contributed by atoms with van der Waals surface area (Å²) in [4.78, 5) is 2.36. The minimum atomic E-state index is -1.75. The highest BCUT2D eigenvalue weighted by molar-refractivity contribution is 6.31. The number of alkyl halides is 2. The van der Waals surface area contributed by atoms with E-state index >= 15 is 0 Å². The number of halogens is 4. The molecule has 0 saturated carbocycles. The lowest BCUT2D eigenvalue weighted by atomic mass is 9.90. The van der Waals surface area contributed by atoms with Gasteiger partial charge >= 0.3 is 0 Å². The average Bonchev–Trinajstić information content (AvgIpc) is 3.38. The van der Waals surface area contributed by atoms with Crippen LogP contribution in [0.5, 0.6) is 5.75 Å². The average molecular weight is 579 g/mol. The van der Waals surface area contributed by atoms with E-state index in [0.29, 0.717) is 13.2 Å². The third kappa shape index (κ3) is 8.15. The summed E-state index contributed by atoms with van der Waals surface area (Å²) >= 11 is 6.38. The number of aromatic nitrogens is 1. The SMILES string of the molecule is Cn1ccc2c(OCCCN(Cc3cccc(F)c3Cl)CC(c3ccccc3)c3ccccc3)cccc21.FCF. The van der Waals surface area contributed by atoms with E-state index in [0.717, 1.165) is 41.7 Å². The second-order valence-electron chi connectivity index (χ2n) is 9.74. The van der Waals surface area contributed by atoms with E-state index in [4.69, 9.17) is 16.3 Å². The van der Waals surface area contributed by atoms with Gasteiger partial charge in [0.2, 0.25) is 6.93 Å². The van der Waals surface area contributed by atoms with E-state index in [2.05, 4.69) is 76.3 Å². The predicted octanol–water partition coefficient (Wildman–Crippen LogP) is 8.96. The zero-order valence-electron chi connectivity index (χ0n) is 23.0. The van der Waals surface area contributed by atoms with Gasteiger partial charge in [-0.25, -0.2) is 13.2 Å². The first-order valence-corrected chi connectivity index (χ1v) is 13.9. The molecule has 7 heteroatoms. The van der Waals surface area contributed by atoms with E-state index in [9.17, 15) is 13.2 Å². The largest absolute Gasteiger partial charge is 0.493 e. The third-order valence-electron chi connectivity index (χ3n) is 7.03. The van der Waals surface area contributed by atoms with Crippen LogP contribution in [-0.4, -0.2) is 36.1 Å². The van der Waals surface area contributed by atoms with Gasteiger partial charge in [-0.05, 0) is 47.4 Å². The van der Waals surface area contributed by atoms with Gasteiger partial charge in [0, 0.05) is 44.2 Å². The molecule has 1 heterocycles. The van der Waals surface area contributed by atoms with Crippen molar-refractivity contribution >= 4 is 22.5 Å². The van der Waals surface area contributed by atoms with E-state index in [-0.39, 0.29) is 16.8 Å². The smallest absolute Gasteiger partial charge is 0.229 e. The fourth-order valence-electron chi connectivity index (χ4n) is 5.05. The van der Waals surface area contributed by atoms with Gasteiger partial charge in [0.05, 0.1) is 17.1 Å². The Kier molecular flexibility index (Phi) is 11.3. The van der Waals surface area contributed by atoms with E-state index in [1.165, 1.54) is 17.2 Å². The maximum atomic E-state index is 14.3. The van der Waals surface area contributed by atoms with E-state index in [1.54, 1.807) is 6.07 Å². The third-order valence-corrected chi connectivity index (χ3v) is 7.46. The van der Waals surface area contributed by atoms with Crippen molar-refractivity contribution in [2.75, 3.05) is 26.6 Å². The molecule has 1 aromatic heterocycles. The molecule has 214 valence electrons. The molecule has 0 radical (unpaired) electrons. The van der Waals surface area contributed by atoms with Crippen molar-refractivity contribution in [2.45, 2.75) is 18.9 Å². The molecule has 5 aromatic rings. The van der Waals surface area contributed by atoms with Gasteiger partial charge < -0.3 is 9.30 Å². The minimum absolute atomic E-state index is 0.170. The number of hydrogen-bond donors (Lipinski definition) is 0. The molecule has 0 aliphatic heterocycles. The fraction of sp³-hybridized carbons (Fsp3) is 0.235. The standard InChI is InChI=1S/C33H32ClFN2O.CH2F2/c1-36-21-19-28-31(36)17-9-18-32(28)38-22-10-20-37(23-27-15-8-16-30(35)33(27)34)24-29(25-11-4-2-5-12-25)26-13-6-3-7-14-26;2-1-3/h2-9,11-19,21,29H,10,20,22-24H2,1H3;1H2. The maximum absolute atomic E-state index is 14.3. The number of nitrogens with zero attached hydrogens (tertiary/aromatic N) is 2. The highest BCUT2D eigenvalue weighted by atomic mass is 35.5. The van der Waals surface area contributed by atoms with Crippen molar-refractivity contribution in [3.63, 3.8) is 0 Å². The van der Waals surface area contributed by atoms with Gasteiger partial charge in [-0.15, -0.1) is 0 Å². The molecule has 41 heavy (non-hydrogen) atoms. The van der Waals surface area contributed by atoms with Crippen molar-refractivity contribution in [1.29, 1.82) is 0 Å². The maximum Gasteiger partial charge on any atom is 0.229 e. The van der Waals surface area contributed by atoms with Crippen molar-refractivity contribution in [1.82, 2.24) is 9.47 Å². The summed E-state index contributed by atoms with van der Waals surface area (Å²) < 4.78 is 41.8. The molecule has 0 spiro atoms. The lowest BCUT2D eigenvalue weighted by Crippen LogP contribution is -2.31. The number of hydrogen-bond acceptors (Lipinski definition) is 2. The van der Waals surface area contributed by atoms with Gasteiger partial charge in [0.1, 0.15) is 11.6 Å². The zero-order valence-corrected chi connectivity index (χ0v) is 23.8. The van der Waals surface area contributed by atoms with Crippen LogP contribution in [0.25, 0.3) is 10.9 Å². The van der Waals surface area contributed by atoms with Crippen LogP contribution < -0.4 is 4.74 Å². The fourth-order valence-corrected chi connectivity index (χ4v) is 5.23. The topological polar surface area (TPSA) is 17.4 Å². The second kappa shape index (κ2) is 15.3. The number of aryl methyl sites for hydroxylation is 1. The van der Waals surface area contributed by atoms with Crippen LogP contribution in [0.4, 0.5) is 13.2 Å². The summed E-state index contributed by atoms with van der Waals surface area (Å²) in [5.41, 5.74) is 4.45. The Morgan fingerprint density at radius 2 is 1.46 bits per heavy atom. The number of ether oxygens (including phenoxy) is 1. The summed E-state index contributed by atoms with van der Waals surface area (Å²) in [6.07, 6.45) is 2.88. The first-order chi connectivity index (χ1) is 20.0. The van der Waals surface area contributed by atoms with E-state index in [1.807, 2.05) is 37.4 Å². The molecule has 0 saturated heterocycles. The molecule has 0 N–H and O–H groups in total. The molecule has 0 bridgehead atoms. The van der Waals surface area contributed by atoms with Crippen LogP contribution >= 0.6 is 11.6 Å². The summed E-state index contributed by atoms with van der Waals surface area (Å²) in [6, 6.07) is 34.4. The first-order valence-electron chi connectivity index (χ1n) is 13.6. The Morgan fingerprint density at radius 3 is 2.12 bits per heavy atom.